The third-order valence-electron chi connectivity index (χ3n) is 4.56. The molecule has 0 fully saturated rings. The lowest BCUT2D eigenvalue weighted by atomic mass is 9.96. The number of aromatic amines is 1. The van der Waals surface area contributed by atoms with Crippen LogP contribution in [0.5, 0.6) is 0 Å². The Bertz CT molecular complexity index is 902. The van der Waals surface area contributed by atoms with Crippen molar-refractivity contribution in [2.45, 2.75) is 19.4 Å². The number of nitrogens with zero attached hydrogens (tertiary/aromatic N) is 2. The Morgan fingerprint density at radius 3 is 2.52 bits per heavy atom. The highest BCUT2D eigenvalue weighted by Crippen LogP contribution is 2.42. The minimum absolute atomic E-state index is 0.0273. The summed E-state index contributed by atoms with van der Waals surface area (Å²) in [6, 6.07) is 18.1. The number of rotatable bonds is 4. The van der Waals surface area contributed by atoms with Crippen LogP contribution in [-0.2, 0) is 0 Å². The van der Waals surface area contributed by atoms with Crippen LogP contribution < -0.4 is 0 Å². The number of halogens is 1. The summed E-state index contributed by atoms with van der Waals surface area (Å²) in [7, 11) is 0. The van der Waals surface area contributed by atoms with E-state index in [0.29, 0.717) is 5.69 Å². The average molecular weight is 396 g/mol. The molecule has 1 amide bonds. The third kappa shape index (κ3) is 2.68. The molecule has 25 heavy (non-hydrogen) atoms. The van der Waals surface area contributed by atoms with E-state index < -0.39 is 0 Å². The van der Waals surface area contributed by atoms with Gasteiger partial charge in [-0.05, 0) is 24.1 Å². The Balaban J connectivity index is 1.89. The summed E-state index contributed by atoms with van der Waals surface area (Å²) in [6.45, 7) is 2.81. The van der Waals surface area contributed by atoms with Crippen LogP contribution in [0, 0.1) is 0 Å². The van der Waals surface area contributed by atoms with Crippen LogP contribution >= 0.6 is 15.9 Å². The van der Waals surface area contributed by atoms with Gasteiger partial charge in [-0.15, -0.1) is 0 Å². The van der Waals surface area contributed by atoms with Crippen LogP contribution in [0.4, 0.5) is 0 Å². The lowest BCUT2D eigenvalue weighted by Gasteiger charge is -2.26. The summed E-state index contributed by atoms with van der Waals surface area (Å²) in [6.07, 6.45) is 0.914. The van der Waals surface area contributed by atoms with Gasteiger partial charge < -0.3 is 4.90 Å². The molecule has 1 aliphatic heterocycles. The summed E-state index contributed by atoms with van der Waals surface area (Å²) in [5, 5.41) is 7.45. The van der Waals surface area contributed by atoms with Gasteiger partial charge in [0.1, 0.15) is 5.69 Å². The van der Waals surface area contributed by atoms with E-state index in [1.807, 2.05) is 47.4 Å². The van der Waals surface area contributed by atoms with Gasteiger partial charge in [0.05, 0.1) is 11.7 Å². The number of benzene rings is 2. The second kappa shape index (κ2) is 6.48. The summed E-state index contributed by atoms with van der Waals surface area (Å²) >= 11 is 3.49. The van der Waals surface area contributed by atoms with E-state index in [1.54, 1.807) is 0 Å². The lowest BCUT2D eigenvalue weighted by Crippen LogP contribution is -2.30. The number of aromatic nitrogens is 2. The fraction of sp³-hybridized carbons (Fsp3) is 0.200. The van der Waals surface area contributed by atoms with Gasteiger partial charge in [-0.25, -0.2) is 0 Å². The number of carbonyl (C=O) groups is 1. The zero-order chi connectivity index (χ0) is 17.4. The van der Waals surface area contributed by atoms with Crippen molar-refractivity contribution in [3.05, 3.63) is 75.9 Å². The summed E-state index contributed by atoms with van der Waals surface area (Å²) in [4.78, 5) is 14.9. The van der Waals surface area contributed by atoms with E-state index >= 15 is 0 Å². The molecule has 1 aliphatic rings. The van der Waals surface area contributed by atoms with E-state index in [-0.39, 0.29) is 11.9 Å². The molecule has 1 unspecified atom stereocenters. The molecule has 0 bridgehead atoms. The molecule has 126 valence electrons. The fourth-order valence-corrected chi connectivity index (χ4v) is 3.74. The molecule has 2 heterocycles. The van der Waals surface area contributed by atoms with Crippen molar-refractivity contribution in [2.75, 3.05) is 6.54 Å². The molecule has 4 rings (SSSR count). The summed E-state index contributed by atoms with van der Waals surface area (Å²) in [5.41, 5.74) is 4.57. The second-order valence-electron chi connectivity index (χ2n) is 6.18. The van der Waals surface area contributed by atoms with Crippen molar-refractivity contribution >= 4 is 21.8 Å². The van der Waals surface area contributed by atoms with Crippen LogP contribution in [-0.4, -0.2) is 27.5 Å². The first kappa shape index (κ1) is 16.1. The Kier molecular flexibility index (Phi) is 4.17. The molecule has 0 spiro atoms. The van der Waals surface area contributed by atoms with Crippen molar-refractivity contribution in [1.29, 1.82) is 0 Å². The van der Waals surface area contributed by atoms with E-state index in [9.17, 15) is 4.79 Å². The Morgan fingerprint density at radius 1 is 1.12 bits per heavy atom. The molecule has 3 aromatic rings. The third-order valence-corrected chi connectivity index (χ3v) is 5.09. The van der Waals surface area contributed by atoms with Crippen molar-refractivity contribution in [2.24, 2.45) is 0 Å². The Morgan fingerprint density at radius 2 is 1.84 bits per heavy atom. The molecule has 0 saturated carbocycles. The van der Waals surface area contributed by atoms with Crippen molar-refractivity contribution in [3.63, 3.8) is 0 Å². The molecule has 0 saturated heterocycles. The highest BCUT2D eigenvalue weighted by Gasteiger charge is 2.41. The molecular formula is C20H18BrN3O. The predicted molar refractivity (Wildman–Crippen MR) is 101 cm³/mol. The lowest BCUT2D eigenvalue weighted by molar-refractivity contribution is 0.0744. The Hall–Kier alpha value is -2.40. The normalized spacial score (nSPS) is 16.3. The number of hydrogen-bond acceptors (Lipinski definition) is 2. The zero-order valence-corrected chi connectivity index (χ0v) is 15.5. The van der Waals surface area contributed by atoms with Crippen LogP contribution in [0.3, 0.4) is 0 Å². The number of nitrogens with one attached hydrogen (secondary N) is 1. The number of carbonyl (C=O) groups excluding carboxylic acids is 1. The zero-order valence-electron chi connectivity index (χ0n) is 13.9. The first-order valence-electron chi connectivity index (χ1n) is 8.40. The van der Waals surface area contributed by atoms with Gasteiger partial charge >= 0.3 is 0 Å². The SMILES string of the molecule is CCCN1C(=O)c2[nH]nc(-c3ccccc3)c2C1c1ccc(Br)cc1. The van der Waals surface area contributed by atoms with Gasteiger partial charge in [0.15, 0.2) is 0 Å². The highest BCUT2D eigenvalue weighted by molar-refractivity contribution is 9.10. The van der Waals surface area contributed by atoms with Gasteiger partial charge in [-0.1, -0.05) is 65.3 Å². The van der Waals surface area contributed by atoms with E-state index in [2.05, 4.69) is 45.2 Å². The van der Waals surface area contributed by atoms with Crippen molar-refractivity contribution in [1.82, 2.24) is 15.1 Å². The smallest absolute Gasteiger partial charge is 0.273 e. The predicted octanol–water partition coefficient (Wildman–Crippen LogP) is 4.79. The average Bonchev–Trinajstić information content (AvgIpc) is 3.17. The van der Waals surface area contributed by atoms with Crippen LogP contribution in [0.25, 0.3) is 11.3 Å². The van der Waals surface area contributed by atoms with E-state index in [4.69, 9.17) is 0 Å². The molecule has 4 nitrogen and oxygen atoms in total. The number of fused-ring (bicyclic) bond motifs is 1. The molecule has 1 atom stereocenters. The molecule has 0 radical (unpaired) electrons. The molecule has 1 aromatic heterocycles. The molecule has 5 heteroatoms. The Labute approximate surface area is 155 Å². The van der Waals surface area contributed by atoms with Gasteiger partial charge in [-0.3, -0.25) is 9.89 Å². The first-order valence-corrected chi connectivity index (χ1v) is 9.20. The fourth-order valence-electron chi connectivity index (χ4n) is 3.48. The first-order chi connectivity index (χ1) is 12.2. The maximum Gasteiger partial charge on any atom is 0.273 e. The highest BCUT2D eigenvalue weighted by atomic mass is 79.9. The minimum Gasteiger partial charge on any atom is -0.326 e. The van der Waals surface area contributed by atoms with Crippen molar-refractivity contribution < 1.29 is 4.79 Å². The van der Waals surface area contributed by atoms with Crippen LogP contribution in [0.15, 0.2) is 59.1 Å². The molecule has 2 aromatic carbocycles. The summed E-state index contributed by atoms with van der Waals surface area (Å²) < 4.78 is 1.03. The maximum absolute atomic E-state index is 12.9. The molecule has 0 aliphatic carbocycles. The maximum atomic E-state index is 12.9. The minimum atomic E-state index is -0.107. The second-order valence-corrected chi connectivity index (χ2v) is 7.10. The number of H-pyrrole nitrogens is 1. The standard InChI is InChI=1S/C20H18BrN3O/c1-2-12-24-19(14-8-10-15(21)11-9-14)16-17(13-6-4-3-5-7-13)22-23-18(16)20(24)25/h3-11,19H,2,12H2,1H3,(H,22,23). The molecule has 1 N–H and O–H groups in total. The van der Waals surface area contributed by atoms with Crippen LogP contribution in [0.2, 0.25) is 0 Å². The van der Waals surface area contributed by atoms with E-state index in [0.717, 1.165) is 39.8 Å². The van der Waals surface area contributed by atoms with Gasteiger partial charge in [0, 0.05) is 22.1 Å². The molecular weight excluding hydrogens is 378 g/mol. The van der Waals surface area contributed by atoms with Crippen molar-refractivity contribution in [3.8, 4) is 11.3 Å². The number of hydrogen-bond donors (Lipinski definition) is 1. The van der Waals surface area contributed by atoms with Crippen LogP contribution in [0.1, 0.15) is 41.0 Å². The number of amides is 1. The monoisotopic (exact) mass is 395 g/mol. The van der Waals surface area contributed by atoms with E-state index in [1.165, 1.54) is 0 Å². The van der Waals surface area contributed by atoms with Gasteiger partial charge in [0.2, 0.25) is 0 Å². The summed E-state index contributed by atoms with van der Waals surface area (Å²) in [5.74, 6) is 0.0273. The largest absolute Gasteiger partial charge is 0.326 e. The van der Waals surface area contributed by atoms with Gasteiger partial charge in [0.25, 0.3) is 5.91 Å². The topological polar surface area (TPSA) is 49.0 Å². The quantitative estimate of drug-likeness (QED) is 0.689. The van der Waals surface area contributed by atoms with Gasteiger partial charge in [-0.2, -0.15) is 5.10 Å².